The minimum absolute atomic E-state index is 0.187. The van der Waals surface area contributed by atoms with Crippen molar-refractivity contribution < 1.29 is 27.4 Å². The predicted molar refractivity (Wildman–Crippen MR) is 91.7 cm³/mol. The van der Waals surface area contributed by atoms with E-state index in [0.717, 1.165) is 22.4 Å². The summed E-state index contributed by atoms with van der Waals surface area (Å²) in [6.45, 7) is -0.306. The van der Waals surface area contributed by atoms with Gasteiger partial charge in [0.1, 0.15) is 12.1 Å². The summed E-state index contributed by atoms with van der Waals surface area (Å²) in [5, 5.41) is 0. The standard InChI is InChI=1S/C18H19F3N2O4/c1-22(10-12-6-7-14(26-2)15(9-12)27-3)16(24)11-23-8-4-5-13(17(23)25)18(19,20)21/h4-9H,10-11H2,1-3H3. The van der Waals surface area contributed by atoms with Crippen LogP contribution < -0.4 is 15.0 Å². The molecule has 27 heavy (non-hydrogen) atoms. The molecule has 2 rings (SSSR count). The smallest absolute Gasteiger partial charge is 0.421 e. The van der Waals surface area contributed by atoms with Crippen LogP contribution in [0.3, 0.4) is 0 Å². The number of likely N-dealkylation sites (N-methyl/N-ethyl adjacent to an activating group) is 1. The first kappa shape index (κ1) is 20.3. The first-order valence-corrected chi connectivity index (χ1v) is 7.89. The lowest BCUT2D eigenvalue weighted by Gasteiger charge is -2.19. The average Bonchev–Trinajstić information content (AvgIpc) is 2.62. The topological polar surface area (TPSA) is 60.8 Å². The highest BCUT2D eigenvalue weighted by Gasteiger charge is 2.34. The number of pyridine rings is 1. The van der Waals surface area contributed by atoms with Crippen molar-refractivity contribution in [3.63, 3.8) is 0 Å². The fourth-order valence-corrected chi connectivity index (χ4v) is 2.48. The molecule has 0 atom stereocenters. The molecule has 9 heteroatoms. The second kappa shape index (κ2) is 8.15. The number of halogens is 3. The lowest BCUT2D eigenvalue weighted by molar-refractivity contribution is -0.139. The quantitative estimate of drug-likeness (QED) is 0.768. The number of hydrogen-bond donors (Lipinski definition) is 0. The first-order valence-electron chi connectivity index (χ1n) is 7.89. The van der Waals surface area contributed by atoms with Gasteiger partial charge in [-0.2, -0.15) is 13.2 Å². The number of carbonyl (C=O) groups excluding carboxylic acids is 1. The largest absolute Gasteiger partial charge is 0.493 e. The lowest BCUT2D eigenvalue weighted by atomic mass is 10.2. The summed E-state index contributed by atoms with van der Waals surface area (Å²) in [5.41, 5.74) is -1.82. The molecule has 146 valence electrons. The number of alkyl halides is 3. The third-order valence-electron chi connectivity index (χ3n) is 3.92. The van der Waals surface area contributed by atoms with E-state index in [-0.39, 0.29) is 6.54 Å². The van der Waals surface area contributed by atoms with E-state index >= 15 is 0 Å². The van der Waals surface area contributed by atoms with Gasteiger partial charge in [0.05, 0.1) is 14.2 Å². The molecule has 0 aliphatic heterocycles. The van der Waals surface area contributed by atoms with Crippen LogP contribution in [0.2, 0.25) is 0 Å². The maximum absolute atomic E-state index is 12.8. The number of methoxy groups -OCH3 is 2. The van der Waals surface area contributed by atoms with E-state index in [0.29, 0.717) is 17.6 Å². The molecule has 1 aromatic carbocycles. The van der Waals surface area contributed by atoms with Gasteiger partial charge in [0.15, 0.2) is 11.5 Å². The third-order valence-corrected chi connectivity index (χ3v) is 3.92. The lowest BCUT2D eigenvalue weighted by Crippen LogP contribution is -2.35. The highest BCUT2D eigenvalue weighted by molar-refractivity contribution is 5.75. The molecule has 1 heterocycles. The molecule has 0 fully saturated rings. The van der Waals surface area contributed by atoms with Gasteiger partial charge in [-0.1, -0.05) is 6.07 Å². The molecule has 1 amide bonds. The fourth-order valence-electron chi connectivity index (χ4n) is 2.48. The van der Waals surface area contributed by atoms with Gasteiger partial charge < -0.3 is 18.9 Å². The van der Waals surface area contributed by atoms with Crippen molar-refractivity contribution in [3.8, 4) is 11.5 Å². The van der Waals surface area contributed by atoms with Crippen molar-refractivity contribution in [2.75, 3.05) is 21.3 Å². The normalized spacial score (nSPS) is 11.2. The van der Waals surface area contributed by atoms with Gasteiger partial charge in [0.25, 0.3) is 5.56 Å². The van der Waals surface area contributed by atoms with Gasteiger partial charge in [0, 0.05) is 19.8 Å². The van der Waals surface area contributed by atoms with Gasteiger partial charge in [0.2, 0.25) is 5.91 Å². The molecule has 6 nitrogen and oxygen atoms in total. The summed E-state index contributed by atoms with van der Waals surface area (Å²) in [6.07, 6.45) is -3.62. The maximum Gasteiger partial charge on any atom is 0.421 e. The second-order valence-electron chi connectivity index (χ2n) is 5.79. The van der Waals surface area contributed by atoms with E-state index in [1.165, 1.54) is 26.2 Å². The Hall–Kier alpha value is -2.97. The Balaban J connectivity index is 2.14. The van der Waals surface area contributed by atoms with Crippen LogP contribution in [-0.4, -0.2) is 36.6 Å². The van der Waals surface area contributed by atoms with Crippen molar-refractivity contribution in [3.05, 3.63) is 58.0 Å². The fraction of sp³-hybridized carbons (Fsp3) is 0.333. The summed E-state index contributed by atoms with van der Waals surface area (Å²) in [5.74, 6) is 0.516. The van der Waals surface area contributed by atoms with Crippen LogP contribution in [0.15, 0.2) is 41.3 Å². The molecule has 0 aliphatic carbocycles. The van der Waals surface area contributed by atoms with E-state index < -0.39 is 29.8 Å². The monoisotopic (exact) mass is 384 g/mol. The van der Waals surface area contributed by atoms with Crippen LogP contribution in [-0.2, 0) is 24.1 Å². The van der Waals surface area contributed by atoms with Gasteiger partial charge in [-0.3, -0.25) is 9.59 Å². The average molecular weight is 384 g/mol. The minimum Gasteiger partial charge on any atom is -0.493 e. The number of benzene rings is 1. The minimum atomic E-state index is -4.77. The number of rotatable bonds is 6. The van der Waals surface area contributed by atoms with Crippen LogP contribution in [0.25, 0.3) is 0 Å². The van der Waals surface area contributed by atoms with E-state index in [9.17, 15) is 22.8 Å². The summed E-state index contributed by atoms with van der Waals surface area (Å²) < 4.78 is 49.5. The zero-order chi connectivity index (χ0) is 20.2. The van der Waals surface area contributed by atoms with Crippen LogP contribution in [0.1, 0.15) is 11.1 Å². The van der Waals surface area contributed by atoms with Crippen molar-refractivity contribution >= 4 is 5.91 Å². The number of nitrogens with zero attached hydrogens (tertiary/aromatic N) is 2. The zero-order valence-electron chi connectivity index (χ0n) is 15.0. The van der Waals surface area contributed by atoms with E-state index in [2.05, 4.69) is 0 Å². The number of carbonyl (C=O) groups is 1. The van der Waals surface area contributed by atoms with Crippen molar-refractivity contribution in [1.82, 2.24) is 9.47 Å². The number of aromatic nitrogens is 1. The van der Waals surface area contributed by atoms with Gasteiger partial charge >= 0.3 is 6.18 Å². The molecule has 0 N–H and O–H groups in total. The summed E-state index contributed by atoms with van der Waals surface area (Å²) in [6, 6.07) is 6.90. The Bertz CT molecular complexity index is 878. The number of ether oxygens (including phenoxy) is 2. The summed E-state index contributed by atoms with van der Waals surface area (Å²) in [7, 11) is 4.48. The zero-order valence-corrected chi connectivity index (χ0v) is 15.0. The Morgan fingerprint density at radius 1 is 1.15 bits per heavy atom. The van der Waals surface area contributed by atoms with Gasteiger partial charge in [-0.25, -0.2) is 0 Å². The number of hydrogen-bond acceptors (Lipinski definition) is 4. The molecular weight excluding hydrogens is 365 g/mol. The molecule has 1 aromatic heterocycles. The molecule has 0 unspecified atom stereocenters. The van der Waals surface area contributed by atoms with E-state index in [4.69, 9.17) is 9.47 Å². The van der Waals surface area contributed by atoms with Gasteiger partial charge in [-0.05, 0) is 29.8 Å². The van der Waals surface area contributed by atoms with Crippen molar-refractivity contribution in [1.29, 1.82) is 0 Å². The molecular formula is C18H19F3N2O4. The van der Waals surface area contributed by atoms with Crippen molar-refractivity contribution in [2.45, 2.75) is 19.3 Å². The summed E-state index contributed by atoms with van der Waals surface area (Å²) >= 11 is 0. The molecule has 0 bridgehead atoms. The highest BCUT2D eigenvalue weighted by atomic mass is 19.4. The Morgan fingerprint density at radius 2 is 1.81 bits per heavy atom. The second-order valence-corrected chi connectivity index (χ2v) is 5.79. The van der Waals surface area contributed by atoms with Crippen LogP contribution in [0, 0.1) is 0 Å². The van der Waals surface area contributed by atoms with Crippen LogP contribution in [0.4, 0.5) is 13.2 Å². The number of amides is 1. The summed E-state index contributed by atoms with van der Waals surface area (Å²) in [4.78, 5) is 25.6. The highest BCUT2D eigenvalue weighted by Crippen LogP contribution is 2.28. The molecule has 2 aromatic rings. The molecule has 0 radical (unpaired) electrons. The van der Waals surface area contributed by atoms with E-state index in [1.54, 1.807) is 18.2 Å². The van der Waals surface area contributed by atoms with E-state index in [1.807, 2.05) is 0 Å². The van der Waals surface area contributed by atoms with Crippen LogP contribution >= 0.6 is 0 Å². The van der Waals surface area contributed by atoms with Gasteiger partial charge in [-0.15, -0.1) is 0 Å². The Labute approximate surface area is 153 Å². The van der Waals surface area contributed by atoms with Crippen LogP contribution in [0.5, 0.6) is 11.5 Å². The third kappa shape index (κ3) is 4.81. The Kier molecular flexibility index (Phi) is 6.14. The molecule has 0 spiro atoms. The first-order chi connectivity index (χ1) is 12.7. The SMILES string of the molecule is COc1ccc(CN(C)C(=O)Cn2cccc(C(F)(F)F)c2=O)cc1OC. The predicted octanol–water partition coefficient (Wildman–Crippen LogP) is 2.54. The molecule has 0 saturated carbocycles. The van der Waals surface area contributed by atoms with Crippen molar-refractivity contribution in [2.24, 2.45) is 0 Å². The molecule has 0 saturated heterocycles. The molecule has 0 aliphatic rings. The Morgan fingerprint density at radius 3 is 2.41 bits per heavy atom. The maximum atomic E-state index is 12.8.